The number of amides is 1. The number of carbonyl (C=O) groups excluding carboxylic acids is 2. The van der Waals surface area contributed by atoms with Crippen molar-refractivity contribution in [3.8, 4) is 0 Å². The highest BCUT2D eigenvalue weighted by Gasteiger charge is 2.16. The summed E-state index contributed by atoms with van der Waals surface area (Å²) in [5, 5.41) is 3.30. The van der Waals surface area contributed by atoms with Crippen LogP contribution in [0.4, 0.5) is 5.69 Å². The zero-order chi connectivity index (χ0) is 20.4. The molecular formula is C20H22N4O3S. The van der Waals surface area contributed by atoms with Gasteiger partial charge in [0.1, 0.15) is 5.52 Å². The zero-order valence-electron chi connectivity index (χ0n) is 16.2. The van der Waals surface area contributed by atoms with Crippen molar-refractivity contribution in [2.45, 2.75) is 38.9 Å². The van der Waals surface area contributed by atoms with Crippen LogP contribution in [0.5, 0.6) is 0 Å². The molecule has 8 heteroatoms. The monoisotopic (exact) mass is 398 g/mol. The lowest BCUT2D eigenvalue weighted by Gasteiger charge is -2.15. The van der Waals surface area contributed by atoms with E-state index < -0.39 is 0 Å². The number of aromatic nitrogens is 3. The van der Waals surface area contributed by atoms with Gasteiger partial charge in [-0.25, -0.2) is 4.98 Å². The van der Waals surface area contributed by atoms with Gasteiger partial charge in [-0.05, 0) is 58.0 Å². The van der Waals surface area contributed by atoms with Gasteiger partial charge in [0.2, 0.25) is 5.91 Å². The molecule has 0 aliphatic heterocycles. The summed E-state index contributed by atoms with van der Waals surface area (Å²) in [6, 6.07) is 8.46. The smallest absolute Gasteiger partial charge is 0.278 e. The molecule has 7 nitrogen and oxygen atoms in total. The number of rotatable bonds is 6. The minimum Gasteiger partial charge on any atom is -0.353 e. The Morgan fingerprint density at radius 3 is 2.54 bits per heavy atom. The van der Waals surface area contributed by atoms with Gasteiger partial charge in [-0.3, -0.25) is 19.0 Å². The number of aryl methyl sites for hydroxylation is 1. The number of Topliss-reactive ketones (excluding diaryl/α,β-unsaturated/α-hetero) is 1. The van der Waals surface area contributed by atoms with E-state index in [1.54, 1.807) is 28.8 Å². The van der Waals surface area contributed by atoms with Crippen LogP contribution in [0.25, 0.3) is 11.0 Å². The van der Waals surface area contributed by atoms with E-state index in [0.29, 0.717) is 27.4 Å². The van der Waals surface area contributed by atoms with Gasteiger partial charge in [0.15, 0.2) is 10.9 Å². The maximum Gasteiger partial charge on any atom is 0.278 e. The Labute approximate surface area is 166 Å². The van der Waals surface area contributed by atoms with Crippen LogP contribution in [0.2, 0.25) is 0 Å². The second-order valence-corrected chi connectivity index (χ2v) is 7.79. The van der Waals surface area contributed by atoms with Gasteiger partial charge in [-0.15, -0.1) is 0 Å². The molecule has 2 aromatic heterocycles. The normalized spacial score (nSPS) is 11.2. The minimum absolute atomic E-state index is 0.0263. The van der Waals surface area contributed by atoms with E-state index in [0.717, 1.165) is 5.69 Å². The number of thioether (sulfide) groups is 1. The van der Waals surface area contributed by atoms with Crippen LogP contribution in [0.1, 0.15) is 42.9 Å². The van der Waals surface area contributed by atoms with Gasteiger partial charge in [0.25, 0.3) is 5.56 Å². The van der Waals surface area contributed by atoms with Gasteiger partial charge in [-0.2, -0.15) is 0 Å². The predicted octanol–water partition coefficient (Wildman–Crippen LogP) is 3.55. The number of anilines is 1. The van der Waals surface area contributed by atoms with Crippen LogP contribution >= 0.6 is 11.8 Å². The molecule has 2 N–H and O–H groups in total. The molecule has 0 atom stereocenters. The number of ketones is 1. The van der Waals surface area contributed by atoms with Gasteiger partial charge in [0, 0.05) is 23.0 Å². The molecule has 0 saturated heterocycles. The summed E-state index contributed by atoms with van der Waals surface area (Å²) in [7, 11) is 0. The van der Waals surface area contributed by atoms with Crippen molar-refractivity contribution in [1.29, 1.82) is 0 Å². The topological polar surface area (TPSA) is 96.8 Å². The quantitative estimate of drug-likeness (QED) is 0.376. The first-order valence-corrected chi connectivity index (χ1v) is 9.90. The Kier molecular flexibility index (Phi) is 5.69. The molecule has 0 saturated carbocycles. The highest BCUT2D eigenvalue weighted by atomic mass is 32.2. The third-order valence-corrected chi connectivity index (χ3v) is 5.16. The van der Waals surface area contributed by atoms with Crippen LogP contribution in [-0.4, -0.2) is 32.0 Å². The minimum atomic E-state index is -0.213. The van der Waals surface area contributed by atoms with Crippen molar-refractivity contribution in [2.75, 3.05) is 11.1 Å². The van der Waals surface area contributed by atoms with Crippen molar-refractivity contribution in [2.24, 2.45) is 0 Å². The first kappa shape index (κ1) is 19.9. The number of carbonyl (C=O) groups is 2. The molecule has 0 fully saturated rings. The van der Waals surface area contributed by atoms with Crippen molar-refractivity contribution >= 4 is 40.2 Å². The van der Waals surface area contributed by atoms with E-state index in [1.165, 1.54) is 18.7 Å². The molecule has 0 spiro atoms. The molecule has 2 heterocycles. The molecule has 0 unspecified atom stereocenters. The van der Waals surface area contributed by atoms with Crippen LogP contribution in [-0.2, 0) is 4.79 Å². The van der Waals surface area contributed by atoms with E-state index in [1.807, 2.05) is 26.8 Å². The van der Waals surface area contributed by atoms with Crippen molar-refractivity contribution in [3.63, 3.8) is 0 Å². The van der Waals surface area contributed by atoms with E-state index in [9.17, 15) is 14.4 Å². The SMILES string of the molecule is CC(=O)c1ccc(NC(=O)CSc2nc3cc(C)[nH]c3c(=O)n2C(C)C)cc1. The Morgan fingerprint density at radius 2 is 1.93 bits per heavy atom. The van der Waals surface area contributed by atoms with E-state index in [-0.39, 0.29) is 29.0 Å². The first-order chi connectivity index (χ1) is 13.3. The number of aromatic amines is 1. The highest BCUT2D eigenvalue weighted by Crippen LogP contribution is 2.21. The largest absolute Gasteiger partial charge is 0.353 e. The number of nitrogens with zero attached hydrogens (tertiary/aromatic N) is 2. The zero-order valence-corrected chi connectivity index (χ0v) is 17.0. The number of hydrogen-bond acceptors (Lipinski definition) is 5. The molecule has 28 heavy (non-hydrogen) atoms. The summed E-state index contributed by atoms with van der Waals surface area (Å²) in [5.74, 6) is -0.125. The maximum atomic E-state index is 12.8. The lowest BCUT2D eigenvalue weighted by Crippen LogP contribution is -2.25. The fraction of sp³-hybridized carbons (Fsp3) is 0.300. The van der Waals surface area contributed by atoms with Gasteiger partial charge in [0.05, 0.1) is 11.3 Å². The molecule has 3 aromatic rings. The first-order valence-electron chi connectivity index (χ1n) is 8.91. The second kappa shape index (κ2) is 8.02. The van der Waals surface area contributed by atoms with Gasteiger partial charge < -0.3 is 10.3 Å². The third-order valence-electron chi connectivity index (χ3n) is 4.21. The molecule has 0 radical (unpaired) electrons. The van der Waals surface area contributed by atoms with E-state index in [4.69, 9.17) is 0 Å². The molecule has 0 aliphatic rings. The number of fused-ring (bicyclic) bond motifs is 1. The average Bonchev–Trinajstić information content (AvgIpc) is 3.00. The van der Waals surface area contributed by atoms with Crippen molar-refractivity contribution in [3.05, 3.63) is 51.9 Å². The Balaban J connectivity index is 1.77. The molecule has 0 bridgehead atoms. The number of nitrogens with one attached hydrogen (secondary N) is 2. The van der Waals surface area contributed by atoms with Crippen molar-refractivity contribution in [1.82, 2.24) is 14.5 Å². The Hall–Kier alpha value is -2.87. The fourth-order valence-corrected chi connectivity index (χ4v) is 3.79. The van der Waals surface area contributed by atoms with Crippen LogP contribution in [0, 0.1) is 6.92 Å². The van der Waals surface area contributed by atoms with Crippen molar-refractivity contribution < 1.29 is 9.59 Å². The van der Waals surface area contributed by atoms with E-state index in [2.05, 4.69) is 15.3 Å². The average molecular weight is 398 g/mol. The summed E-state index contributed by atoms with van der Waals surface area (Å²) < 4.78 is 1.60. The fourth-order valence-electron chi connectivity index (χ4n) is 2.86. The Bertz CT molecular complexity index is 1100. The van der Waals surface area contributed by atoms with Gasteiger partial charge in [-0.1, -0.05) is 11.8 Å². The highest BCUT2D eigenvalue weighted by molar-refractivity contribution is 7.99. The summed E-state index contributed by atoms with van der Waals surface area (Å²) in [4.78, 5) is 44.0. The summed E-state index contributed by atoms with van der Waals surface area (Å²) >= 11 is 1.22. The summed E-state index contributed by atoms with van der Waals surface area (Å²) in [5.41, 5.74) is 3.00. The standard InChI is InChI=1S/C20H22N4O3S/c1-11(2)24-19(27)18-16(9-12(3)21-18)23-20(24)28-10-17(26)22-15-7-5-14(6-8-15)13(4)25/h5-9,11,21H,10H2,1-4H3,(H,22,26). The maximum absolute atomic E-state index is 12.8. The summed E-state index contributed by atoms with van der Waals surface area (Å²) in [6.07, 6.45) is 0. The summed E-state index contributed by atoms with van der Waals surface area (Å²) in [6.45, 7) is 7.18. The molecule has 1 amide bonds. The lowest BCUT2D eigenvalue weighted by atomic mass is 10.1. The molecule has 3 rings (SSSR count). The predicted molar refractivity (Wildman–Crippen MR) is 111 cm³/mol. The molecule has 146 valence electrons. The molecular weight excluding hydrogens is 376 g/mol. The molecule has 0 aliphatic carbocycles. The van der Waals surface area contributed by atoms with Crippen LogP contribution in [0.15, 0.2) is 40.3 Å². The van der Waals surface area contributed by atoms with Crippen LogP contribution in [0.3, 0.4) is 0 Å². The molecule has 1 aromatic carbocycles. The van der Waals surface area contributed by atoms with E-state index >= 15 is 0 Å². The Morgan fingerprint density at radius 1 is 1.25 bits per heavy atom. The third kappa shape index (κ3) is 4.17. The lowest BCUT2D eigenvalue weighted by molar-refractivity contribution is -0.113. The van der Waals surface area contributed by atoms with Gasteiger partial charge >= 0.3 is 0 Å². The number of benzene rings is 1. The second-order valence-electron chi connectivity index (χ2n) is 6.85. The number of hydrogen-bond donors (Lipinski definition) is 2. The van der Waals surface area contributed by atoms with Crippen LogP contribution < -0.4 is 10.9 Å². The number of H-pyrrole nitrogens is 1.